The van der Waals surface area contributed by atoms with Gasteiger partial charge in [0.15, 0.2) is 0 Å². The molecule has 0 saturated heterocycles. The summed E-state index contributed by atoms with van der Waals surface area (Å²) in [6.45, 7) is 0. The highest BCUT2D eigenvalue weighted by atomic mass is 19.1. The van der Waals surface area contributed by atoms with Crippen LogP contribution in [0.15, 0.2) is 54.9 Å². The van der Waals surface area contributed by atoms with Gasteiger partial charge in [-0.3, -0.25) is 0 Å². The monoisotopic (exact) mass is 324 g/mol. The fourth-order valence-corrected chi connectivity index (χ4v) is 3.86. The number of hydrogen-bond acceptors (Lipinski definition) is 1. The van der Waals surface area contributed by atoms with E-state index in [4.69, 9.17) is 0 Å². The van der Waals surface area contributed by atoms with Gasteiger partial charge in [0.2, 0.25) is 0 Å². The summed E-state index contributed by atoms with van der Waals surface area (Å²) in [4.78, 5) is 7.52. The highest BCUT2D eigenvalue weighted by Gasteiger charge is 2.31. The number of aromatic nitrogens is 2. The topological polar surface area (TPSA) is 28.7 Å². The van der Waals surface area contributed by atoms with E-state index in [1.54, 1.807) is 12.3 Å². The first-order chi connectivity index (χ1) is 11.7. The van der Waals surface area contributed by atoms with E-state index in [0.717, 1.165) is 36.2 Å². The minimum absolute atomic E-state index is 0.189. The average Bonchev–Trinajstić information content (AvgIpc) is 3.09. The van der Waals surface area contributed by atoms with E-state index in [-0.39, 0.29) is 23.5 Å². The molecule has 2 aromatic carbocycles. The molecule has 0 bridgehead atoms. The van der Waals surface area contributed by atoms with Gasteiger partial charge in [-0.2, -0.15) is 0 Å². The van der Waals surface area contributed by atoms with Gasteiger partial charge in [-0.15, -0.1) is 0 Å². The number of fused-ring (bicyclic) bond motifs is 1. The van der Waals surface area contributed by atoms with Gasteiger partial charge in [0.25, 0.3) is 0 Å². The zero-order chi connectivity index (χ0) is 16.5. The van der Waals surface area contributed by atoms with Gasteiger partial charge in [0.05, 0.1) is 0 Å². The number of H-pyrrole nitrogens is 1. The Labute approximate surface area is 139 Å². The minimum atomic E-state index is -0.223. The molecule has 1 N–H and O–H groups in total. The second kappa shape index (κ2) is 6.19. The molecule has 3 aromatic rings. The summed E-state index contributed by atoms with van der Waals surface area (Å²) in [5.74, 6) is 0.981. The Balaban J connectivity index is 1.75. The maximum atomic E-state index is 13.6. The molecule has 0 amide bonds. The van der Waals surface area contributed by atoms with Crippen LogP contribution in [0.1, 0.15) is 40.8 Å². The van der Waals surface area contributed by atoms with Crippen molar-refractivity contribution in [3.8, 4) is 0 Å². The Hall–Kier alpha value is -2.49. The first-order valence-electron chi connectivity index (χ1n) is 8.23. The number of nitrogens with zero attached hydrogens (tertiary/aromatic N) is 1. The molecule has 4 rings (SSSR count). The van der Waals surface area contributed by atoms with Crippen LogP contribution in [0.5, 0.6) is 0 Å². The van der Waals surface area contributed by atoms with Crippen molar-refractivity contribution in [3.05, 3.63) is 89.0 Å². The molecule has 0 saturated carbocycles. The lowest BCUT2D eigenvalue weighted by Gasteiger charge is -2.34. The third-order valence-electron chi connectivity index (χ3n) is 4.98. The van der Waals surface area contributed by atoms with E-state index < -0.39 is 0 Å². The molecule has 0 aliphatic heterocycles. The lowest BCUT2D eigenvalue weighted by molar-refractivity contribution is 0.461. The predicted octanol–water partition coefficient (Wildman–Crippen LogP) is 4.74. The van der Waals surface area contributed by atoms with Crippen LogP contribution >= 0.6 is 0 Å². The van der Waals surface area contributed by atoms with Gasteiger partial charge in [-0.05, 0) is 65.6 Å². The molecule has 0 radical (unpaired) electrons. The summed E-state index contributed by atoms with van der Waals surface area (Å²) in [5, 5.41) is 0. The number of aromatic amines is 1. The Bertz CT molecular complexity index is 825. The van der Waals surface area contributed by atoms with Crippen LogP contribution in [0, 0.1) is 11.6 Å². The van der Waals surface area contributed by atoms with E-state index in [0.29, 0.717) is 0 Å². The number of aryl methyl sites for hydroxylation is 1. The lowest BCUT2D eigenvalue weighted by atomic mass is 9.70. The summed E-state index contributed by atoms with van der Waals surface area (Å²) in [5.41, 5.74) is 3.38. The number of rotatable bonds is 3. The van der Waals surface area contributed by atoms with Crippen LogP contribution in [-0.2, 0) is 12.8 Å². The zero-order valence-electron chi connectivity index (χ0n) is 13.2. The molecule has 1 aliphatic carbocycles. The van der Waals surface area contributed by atoms with Crippen molar-refractivity contribution in [1.29, 1.82) is 0 Å². The summed E-state index contributed by atoms with van der Waals surface area (Å²) in [7, 11) is 0. The molecule has 4 heteroatoms. The molecule has 2 atom stereocenters. The molecular formula is C20H18F2N2. The van der Waals surface area contributed by atoms with Crippen LogP contribution in [0.4, 0.5) is 8.78 Å². The van der Waals surface area contributed by atoms with Gasteiger partial charge in [0, 0.05) is 18.8 Å². The zero-order valence-corrected chi connectivity index (χ0v) is 13.2. The molecule has 0 fully saturated rings. The van der Waals surface area contributed by atoms with E-state index >= 15 is 0 Å². The van der Waals surface area contributed by atoms with Gasteiger partial charge < -0.3 is 4.98 Å². The summed E-state index contributed by atoms with van der Waals surface area (Å²) in [6.07, 6.45) is 6.08. The standard InChI is InChI=1S/C20H18F2N2/c21-15-4-1-13(2-5-15)17-7-3-14-11-16(22)6-8-18(14)19(17)12-20-23-9-10-24-20/h1-2,4-6,8-11,17,19H,3,7,12H2,(H,23,24). The van der Waals surface area contributed by atoms with Crippen LogP contribution < -0.4 is 0 Å². The van der Waals surface area contributed by atoms with E-state index in [1.807, 2.05) is 24.4 Å². The molecule has 1 aromatic heterocycles. The lowest BCUT2D eigenvalue weighted by Crippen LogP contribution is -2.22. The minimum Gasteiger partial charge on any atom is -0.349 e. The molecular weight excluding hydrogens is 306 g/mol. The van der Waals surface area contributed by atoms with Gasteiger partial charge in [-0.25, -0.2) is 13.8 Å². The first-order valence-corrected chi connectivity index (χ1v) is 8.23. The number of hydrogen-bond donors (Lipinski definition) is 1. The number of nitrogens with one attached hydrogen (secondary N) is 1. The van der Waals surface area contributed by atoms with Crippen LogP contribution in [0.25, 0.3) is 0 Å². The third kappa shape index (κ3) is 2.84. The normalized spacial score (nSPS) is 19.9. The summed E-state index contributed by atoms with van der Waals surface area (Å²) >= 11 is 0. The van der Waals surface area contributed by atoms with Crippen LogP contribution in [0.3, 0.4) is 0 Å². The summed E-state index contributed by atoms with van der Waals surface area (Å²) < 4.78 is 26.9. The molecule has 1 heterocycles. The molecule has 24 heavy (non-hydrogen) atoms. The molecule has 2 unspecified atom stereocenters. The number of benzene rings is 2. The quantitative estimate of drug-likeness (QED) is 0.740. The van der Waals surface area contributed by atoms with Crippen molar-refractivity contribution in [3.63, 3.8) is 0 Å². The third-order valence-corrected chi connectivity index (χ3v) is 4.98. The Morgan fingerprint density at radius 3 is 2.58 bits per heavy atom. The Morgan fingerprint density at radius 2 is 1.83 bits per heavy atom. The van der Waals surface area contributed by atoms with Crippen molar-refractivity contribution in [2.24, 2.45) is 0 Å². The second-order valence-corrected chi connectivity index (χ2v) is 6.39. The first kappa shape index (κ1) is 15.1. The van der Waals surface area contributed by atoms with Crippen molar-refractivity contribution in [1.82, 2.24) is 9.97 Å². The highest BCUT2D eigenvalue weighted by Crippen LogP contribution is 2.44. The Morgan fingerprint density at radius 1 is 1.04 bits per heavy atom. The van der Waals surface area contributed by atoms with E-state index in [9.17, 15) is 8.78 Å². The fraction of sp³-hybridized carbons (Fsp3) is 0.250. The molecule has 122 valence electrons. The van der Waals surface area contributed by atoms with Gasteiger partial charge in [0.1, 0.15) is 17.5 Å². The largest absolute Gasteiger partial charge is 0.349 e. The van der Waals surface area contributed by atoms with Crippen LogP contribution in [-0.4, -0.2) is 9.97 Å². The fourth-order valence-electron chi connectivity index (χ4n) is 3.86. The maximum Gasteiger partial charge on any atom is 0.123 e. The smallest absolute Gasteiger partial charge is 0.123 e. The van der Waals surface area contributed by atoms with E-state index in [2.05, 4.69) is 9.97 Å². The highest BCUT2D eigenvalue weighted by molar-refractivity contribution is 5.39. The van der Waals surface area contributed by atoms with Crippen molar-refractivity contribution >= 4 is 0 Å². The number of imidazole rings is 1. The molecule has 0 spiro atoms. The summed E-state index contributed by atoms with van der Waals surface area (Å²) in [6, 6.07) is 11.8. The van der Waals surface area contributed by atoms with Crippen molar-refractivity contribution in [2.45, 2.75) is 31.1 Å². The van der Waals surface area contributed by atoms with Gasteiger partial charge in [-0.1, -0.05) is 18.2 Å². The second-order valence-electron chi connectivity index (χ2n) is 6.39. The van der Waals surface area contributed by atoms with Gasteiger partial charge >= 0.3 is 0 Å². The average molecular weight is 324 g/mol. The Kier molecular flexibility index (Phi) is 3.89. The maximum absolute atomic E-state index is 13.6. The SMILES string of the molecule is Fc1ccc(C2CCc3cc(F)ccc3C2Cc2ncc[nH]2)cc1. The van der Waals surface area contributed by atoms with Crippen molar-refractivity contribution in [2.75, 3.05) is 0 Å². The molecule has 1 aliphatic rings. The number of halogens is 2. The van der Waals surface area contributed by atoms with Crippen LogP contribution in [0.2, 0.25) is 0 Å². The van der Waals surface area contributed by atoms with E-state index in [1.165, 1.54) is 23.8 Å². The van der Waals surface area contributed by atoms with Crippen molar-refractivity contribution < 1.29 is 8.78 Å². The molecule has 2 nitrogen and oxygen atoms in total. The predicted molar refractivity (Wildman–Crippen MR) is 88.9 cm³/mol.